The molecule has 6 nitrogen and oxygen atoms in total. The molecule has 1 fully saturated rings. The number of ether oxygens (including phenoxy) is 1. The highest BCUT2D eigenvalue weighted by Crippen LogP contribution is 2.42. The van der Waals surface area contributed by atoms with Crippen LogP contribution in [0.25, 0.3) is 5.76 Å². The van der Waals surface area contributed by atoms with Gasteiger partial charge in [-0.1, -0.05) is 29.3 Å². The Balaban J connectivity index is 1.91. The Labute approximate surface area is 194 Å². The Hall–Kier alpha value is -3.35. The van der Waals surface area contributed by atoms with Crippen molar-refractivity contribution >= 4 is 46.3 Å². The van der Waals surface area contributed by atoms with Crippen molar-refractivity contribution in [2.75, 3.05) is 11.5 Å². The molecule has 4 rings (SSSR count). The number of anilines is 1. The summed E-state index contributed by atoms with van der Waals surface area (Å²) in [7, 11) is 0. The molecule has 1 amide bonds. The zero-order valence-corrected chi connectivity index (χ0v) is 18.5. The number of amides is 1. The van der Waals surface area contributed by atoms with Crippen LogP contribution in [-0.2, 0) is 9.59 Å². The molecule has 0 bridgehead atoms. The fourth-order valence-corrected chi connectivity index (χ4v) is 3.92. The van der Waals surface area contributed by atoms with Crippen molar-refractivity contribution in [1.29, 1.82) is 0 Å². The molecule has 8 heteroatoms. The van der Waals surface area contributed by atoms with Gasteiger partial charge in [-0.15, -0.1) is 0 Å². The van der Waals surface area contributed by atoms with Gasteiger partial charge >= 0.3 is 0 Å². The number of aromatic nitrogens is 1. The predicted molar refractivity (Wildman–Crippen MR) is 123 cm³/mol. The third-order valence-electron chi connectivity index (χ3n) is 5.05. The molecule has 162 valence electrons. The number of aliphatic hydroxyl groups is 1. The molecule has 2 heterocycles. The average Bonchev–Trinajstić information content (AvgIpc) is 3.07. The van der Waals surface area contributed by atoms with E-state index in [9.17, 15) is 14.7 Å². The fraction of sp³-hybridized carbons (Fsp3) is 0.125. The topological polar surface area (TPSA) is 79.7 Å². The zero-order valence-electron chi connectivity index (χ0n) is 17.0. The lowest BCUT2D eigenvalue weighted by Gasteiger charge is -2.25. The maximum atomic E-state index is 13.1. The molecule has 3 aromatic rings. The van der Waals surface area contributed by atoms with Crippen LogP contribution < -0.4 is 9.64 Å². The van der Waals surface area contributed by atoms with Gasteiger partial charge in [-0.25, -0.2) is 0 Å². The number of aliphatic hydroxyl groups excluding tert-OH is 1. The number of nitrogens with zero attached hydrogens (tertiary/aromatic N) is 2. The van der Waals surface area contributed by atoms with E-state index in [-0.39, 0.29) is 11.3 Å². The quantitative estimate of drug-likeness (QED) is 0.307. The minimum absolute atomic E-state index is 0.0530. The van der Waals surface area contributed by atoms with Gasteiger partial charge in [0.25, 0.3) is 11.7 Å². The minimum Gasteiger partial charge on any atom is -0.507 e. The van der Waals surface area contributed by atoms with Gasteiger partial charge in [-0.05, 0) is 61.0 Å². The molecule has 1 atom stereocenters. The molecule has 0 aliphatic carbocycles. The molecule has 1 aliphatic heterocycles. The molecule has 1 unspecified atom stereocenters. The van der Waals surface area contributed by atoms with Gasteiger partial charge in [0.2, 0.25) is 0 Å². The number of halogens is 2. The third-order valence-corrected chi connectivity index (χ3v) is 5.62. The second-order valence-electron chi connectivity index (χ2n) is 7.01. The lowest BCUT2D eigenvalue weighted by Crippen LogP contribution is -2.29. The summed E-state index contributed by atoms with van der Waals surface area (Å²) in [6.07, 6.45) is 3.14. The first-order chi connectivity index (χ1) is 15.4. The summed E-state index contributed by atoms with van der Waals surface area (Å²) >= 11 is 12.2. The van der Waals surface area contributed by atoms with E-state index in [1.54, 1.807) is 60.9 Å². The monoisotopic (exact) mass is 468 g/mol. The normalized spacial score (nSPS) is 17.6. The fourth-order valence-electron chi connectivity index (χ4n) is 3.63. The van der Waals surface area contributed by atoms with Crippen LogP contribution >= 0.6 is 23.2 Å². The van der Waals surface area contributed by atoms with Gasteiger partial charge < -0.3 is 9.84 Å². The molecular weight excluding hydrogens is 451 g/mol. The molecule has 0 saturated carbocycles. The number of Topliss-reactive ketones (excluding diaryl/α,β-unsaturated/α-hetero) is 1. The van der Waals surface area contributed by atoms with E-state index in [1.807, 2.05) is 6.92 Å². The number of hydrogen-bond donors (Lipinski definition) is 1. The maximum absolute atomic E-state index is 13.1. The van der Waals surface area contributed by atoms with Gasteiger partial charge in [-0.2, -0.15) is 0 Å². The van der Waals surface area contributed by atoms with Gasteiger partial charge in [0, 0.05) is 28.7 Å². The van der Waals surface area contributed by atoms with Crippen LogP contribution in [0.5, 0.6) is 5.75 Å². The molecule has 1 aliphatic rings. The summed E-state index contributed by atoms with van der Waals surface area (Å²) < 4.78 is 5.50. The molecule has 0 spiro atoms. The van der Waals surface area contributed by atoms with E-state index in [2.05, 4.69) is 4.98 Å². The first-order valence-corrected chi connectivity index (χ1v) is 10.6. The van der Waals surface area contributed by atoms with Crippen LogP contribution in [-0.4, -0.2) is 28.4 Å². The van der Waals surface area contributed by atoms with E-state index >= 15 is 0 Å². The van der Waals surface area contributed by atoms with E-state index in [4.69, 9.17) is 27.9 Å². The van der Waals surface area contributed by atoms with Crippen LogP contribution in [0.15, 0.2) is 72.6 Å². The highest BCUT2D eigenvalue weighted by Gasteiger charge is 2.47. The van der Waals surface area contributed by atoms with Crippen LogP contribution in [0.2, 0.25) is 10.0 Å². The predicted octanol–water partition coefficient (Wildman–Crippen LogP) is 5.41. The van der Waals surface area contributed by atoms with Gasteiger partial charge in [0.15, 0.2) is 0 Å². The number of benzene rings is 2. The molecule has 1 aromatic heterocycles. The second kappa shape index (κ2) is 9.02. The Morgan fingerprint density at radius 3 is 2.53 bits per heavy atom. The van der Waals surface area contributed by atoms with Crippen molar-refractivity contribution in [2.24, 2.45) is 0 Å². The maximum Gasteiger partial charge on any atom is 0.300 e. The number of rotatable bonds is 5. The van der Waals surface area contributed by atoms with Crippen molar-refractivity contribution in [3.05, 3.63) is 93.7 Å². The van der Waals surface area contributed by atoms with Crippen molar-refractivity contribution in [2.45, 2.75) is 13.0 Å². The largest absolute Gasteiger partial charge is 0.507 e. The first-order valence-electron chi connectivity index (χ1n) is 9.81. The summed E-state index contributed by atoms with van der Waals surface area (Å²) in [5, 5.41) is 12.0. The molecule has 1 N–H and O–H groups in total. The number of ketones is 1. The van der Waals surface area contributed by atoms with Crippen LogP contribution in [0.1, 0.15) is 24.1 Å². The first kappa shape index (κ1) is 21.9. The Morgan fingerprint density at radius 1 is 1.12 bits per heavy atom. The van der Waals surface area contributed by atoms with Gasteiger partial charge in [0.05, 0.1) is 23.2 Å². The summed E-state index contributed by atoms with van der Waals surface area (Å²) in [4.78, 5) is 31.7. The highest BCUT2D eigenvalue weighted by atomic mass is 35.5. The second-order valence-corrected chi connectivity index (χ2v) is 7.85. The smallest absolute Gasteiger partial charge is 0.300 e. The standard InChI is InChI=1S/C24H18Cl2N2O4/c1-2-32-19-12-14(5-10-18(19)26)22(29)20-21(15-4-3-11-27-13-15)28(24(31)23(20)30)17-8-6-16(25)7-9-17/h3-13,21,29H,2H2,1H3/b22-20-. The number of carbonyl (C=O) groups is 2. The summed E-state index contributed by atoms with van der Waals surface area (Å²) in [6, 6.07) is 13.8. The van der Waals surface area contributed by atoms with Gasteiger partial charge in [-0.3, -0.25) is 19.5 Å². The molecule has 32 heavy (non-hydrogen) atoms. The van der Waals surface area contributed by atoms with Crippen molar-refractivity contribution < 1.29 is 19.4 Å². The van der Waals surface area contributed by atoms with Crippen LogP contribution in [0.4, 0.5) is 5.69 Å². The van der Waals surface area contributed by atoms with Crippen molar-refractivity contribution in [1.82, 2.24) is 4.98 Å². The van der Waals surface area contributed by atoms with E-state index in [1.165, 1.54) is 11.0 Å². The summed E-state index contributed by atoms with van der Waals surface area (Å²) in [5.41, 5.74) is 1.29. The van der Waals surface area contributed by atoms with Crippen molar-refractivity contribution in [3.63, 3.8) is 0 Å². The zero-order chi connectivity index (χ0) is 22.8. The van der Waals surface area contributed by atoms with Crippen molar-refractivity contribution in [3.8, 4) is 5.75 Å². The van der Waals surface area contributed by atoms with E-state index < -0.39 is 17.7 Å². The Bertz CT molecular complexity index is 1210. The number of pyridine rings is 1. The third kappa shape index (κ3) is 3.95. The van der Waals surface area contributed by atoms with Gasteiger partial charge in [0.1, 0.15) is 11.5 Å². The summed E-state index contributed by atoms with van der Waals surface area (Å²) in [6.45, 7) is 2.18. The lowest BCUT2D eigenvalue weighted by molar-refractivity contribution is -0.132. The SMILES string of the molecule is CCOc1cc(/C(O)=C2/C(=O)C(=O)N(c3ccc(Cl)cc3)C2c2cccnc2)ccc1Cl. The van der Waals surface area contributed by atoms with E-state index in [0.717, 1.165) is 0 Å². The minimum atomic E-state index is -0.879. The molecule has 0 radical (unpaired) electrons. The summed E-state index contributed by atoms with van der Waals surface area (Å²) in [5.74, 6) is -1.53. The Kier molecular flexibility index (Phi) is 6.17. The van der Waals surface area contributed by atoms with E-state index in [0.29, 0.717) is 39.2 Å². The average molecular weight is 469 g/mol. The Morgan fingerprint density at radius 2 is 1.88 bits per heavy atom. The molecule has 1 saturated heterocycles. The van der Waals surface area contributed by atoms with Crippen LogP contribution in [0.3, 0.4) is 0 Å². The number of hydrogen-bond acceptors (Lipinski definition) is 5. The molecule has 2 aromatic carbocycles. The highest BCUT2D eigenvalue weighted by molar-refractivity contribution is 6.51. The van der Waals surface area contributed by atoms with Crippen LogP contribution in [0, 0.1) is 0 Å². The molecular formula is C24H18Cl2N2O4. The number of carbonyl (C=O) groups excluding carboxylic acids is 2. The lowest BCUT2D eigenvalue weighted by atomic mass is 9.96.